The van der Waals surface area contributed by atoms with Gasteiger partial charge in [0.15, 0.2) is 0 Å². The first kappa shape index (κ1) is 27.0. The first-order chi connectivity index (χ1) is 17.9. The van der Waals surface area contributed by atoms with Crippen molar-refractivity contribution in [2.75, 3.05) is 32.9 Å². The van der Waals surface area contributed by atoms with Gasteiger partial charge in [0, 0.05) is 39.0 Å². The van der Waals surface area contributed by atoms with Gasteiger partial charge in [0.25, 0.3) is 0 Å². The van der Waals surface area contributed by atoms with Crippen molar-refractivity contribution in [3.8, 4) is 5.75 Å². The molecule has 3 heterocycles. The molecule has 2 fully saturated rings. The standard InChI is InChI=1S/C28H36N2O7/c1-19-6-8-21(9-7-19)36-17-3-2-14-29-24(32)13-18-35-16-4-5-20(31)12-15-30-27(33)25-22-10-11-23(37-22)26(25)28(30)34/h6-11,22-23,25-26H,2-5,12-18H2,1H3,(H,29,32). The van der Waals surface area contributed by atoms with E-state index in [0.717, 1.165) is 18.6 Å². The Labute approximate surface area is 217 Å². The van der Waals surface area contributed by atoms with Crippen molar-refractivity contribution in [1.82, 2.24) is 10.2 Å². The number of fused-ring (bicyclic) bond motifs is 5. The highest BCUT2D eigenvalue weighted by atomic mass is 16.5. The fourth-order valence-corrected chi connectivity index (χ4v) is 4.95. The lowest BCUT2D eigenvalue weighted by Crippen LogP contribution is -2.36. The summed E-state index contributed by atoms with van der Waals surface area (Å²) in [6.07, 6.45) is 6.04. The Balaban J connectivity index is 0.965. The van der Waals surface area contributed by atoms with E-state index in [1.807, 2.05) is 43.3 Å². The number of imide groups is 1. The van der Waals surface area contributed by atoms with Gasteiger partial charge in [0.2, 0.25) is 17.7 Å². The summed E-state index contributed by atoms with van der Waals surface area (Å²) >= 11 is 0. The smallest absolute Gasteiger partial charge is 0.236 e. The second kappa shape index (κ2) is 13.0. The molecule has 3 aliphatic rings. The van der Waals surface area contributed by atoms with Crippen LogP contribution in [0.25, 0.3) is 0 Å². The zero-order valence-corrected chi connectivity index (χ0v) is 21.4. The van der Waals surface area contributed by atoms with Gasteiger partial charge in [-0.05, 0) is 38.3 Å². The number of benzene rings is 1. The van der Waals surface area contributed by atoms with Crippen LogP contribution in [0.15, 0.2) is 36.4 Å². The number of nitrogens with zero attached hydrogens (tertiary/aromatic N) is 1. The van der Waals surface area contributed by atoms with Crippen molar-refractivity contribution in [2.45, 2.75) is 57.7 Å². The summed E-state index contributed by atoms with van der Waals surface area (Å²) in [5.41, 5.74) is 1.19. The summed E-state index contributed by atoms with van der Waals surface area (Å²) in [7, 11) is 0. The molecule has 9 heteroatoms. The zero-order valence-electron chi connectivity index (χ0n) is 21.4. The topological polar surface area (TPSA) is 111 Å². The number of nitrogens with one attached hydrogen (secondary N) is 1. The van der Waals surface area contributed by atoms with Crippen LogP contribution in [0.3, 0.4) is 0 Å². The molecule has 0 aliphatic carbocycles. The number of carbonyl (C=O) groups excluding carboxylic acids is 4. The van der Waals surface area contributed by atoms with Gasteiger partial charge in [0.05, 0.1) is 37.3 Å². The predicted octanol–water partition coefficient (Wildman–Crippen LogP) is 2.35. The van der Waals surface area contributed by atoms with Crippen molar-refractivity contribution in [3.05, 3.63) is 42.0 Å². The van der Waals surface area contributed by atoms with Gasteiger partial charge >= 0.3 is 0 Å². The summed E-state index contributed by atoms with van der Waals surface area (Å²) in [5.74, 6) is -0.527. The number of hydrogen-bond donors (Lipinski definition) is 1. The summed E-state index contributed by atoms with van der Waals surface area (Å²) in [4.78, 5) is 50.5. The van der Waals surface area contributed by atoms with Crippen LogP contribution >= 0.6 is 0 Å². The molecule has 1 aromatic rings. The maximum absolute atomic E-state index is 12.6. The molecule has 0 aromatic heterocycles. The fourth-order valence-electron chi connectivity index (χ4n) is 4.95. The molecule has 0 radical (unpaired) electrons. The minimum atomic E-state index is -0.429. The number of aryl methyl sites for hydroxylation is 1. The second-order valence-electron chi connectivity index (χ2n) is 9.80. The Bertz CT molecular complexity index is 976. The monoisotopic (exact) mass is 512 g/mol. The van der Waals surface area contributed by atoms with Crippen molar-refractivity contribution in [2.24, 2.45) is 11.8 Å². The van der Waals surface area contributed by atoms with Gasteiger partial charge in [-0.2, -0.15) is 0 Å². The lowest BCUT2D eigenvalue weighted by atomic mass is 9.85. The summed E-state index contributed by atoms with van der Waals surface area (Å²) in [5, 5.41) is 2.87. The third kappa shape index (κ3) is 7.05. The van der Waals surface area contributed by atoms with Gasteiger partial charge in [-0.3, -0.25) is 24.1 Å². The van der Waals surface area contributed by atoms with E-state index in [-0.39, 0.29) is 55.1 Å². The third-order valence-corrected chi connectivity index (χ3v) is 7.02. The lowest BCUT2D eigenvalue weighted by Gasteiger charge is -2.17. The predicted molar refractivity (Wildman–Crippen MR) is 135 cm³/mol. The van der Waals surface area contributed by atoms with Crippen LogP contribution in [0, 0.1) is 18.8 Å². The first-order valence-electron chi connectivity index (χ1n) is 13.2. The van der Waals surface area contributed by atoms with Crippen LogP contribution in [-0.4, -0.2) is 73.5 Å². The summed E-state index contributed by atoms with van der Waals surface area (Å²) in [6.45, 7) is 4.05. The van der Waals surface area contributed by atoms with E-state index in [0.29, 0.717) is 39.2 Å². The van der Waals surface area contributed by atoms with Crippen LogP contribution in [0.2, 0.25) is 0 Å². The minimum Gasteiger partial charge on any atom is -0.494 e. The fraction of sp³-hybridized carbons (Fsp3) is 0.571. The van der Waals surface area contributed by atoms with Crippen LogP contribution in [0.4, 0.5) is 0 Å². The van der Waals surface area contributed by atoms with Gasteiger partial charge in [-0.1, -0.05) is 29.8 Å². The number of ketones is 1. The summed E-state index contributed by atoms with van der Waals surface area (Å²) < 4.78 is 16.8. The molecule has 9 nitrogen and oxygen atoms in total. The second-order valence-corrected chi connectivity index (χ2v) is 9.80. The minimum absolute atomic E-state index is 0.0114. The molecule has 4 unspecified atom stereocenters. The van der Waals surface area contributed by atoms with E-state index in [1.165, 1.54) is 10.5 Å². The van der Waals surface area contributed by atoms with E-state index in [2.05, 4.69) is 5.32 Å². The maximum atomic E-state index is 12.6. The number of hydrogen-bond acceptors (Lipinski definition) is 7. The molecule has 4 atom stereocenters. The van der Waals surface area contributed by atoms with E-state index in [4.69, 9.17) is 14.2 Å². The Hall–Kier alpha value is -3.04. The number of amides is 3. The molecular formula is C28H36N2O7. The first-order valence-corrected chi connectivity index (χ1v) is 13.2. The molecule has 4 rings (SSSR count). The van der Waals surface area contributed by atoms with Gasteiger partial charge < -0.3 is 19.5 Å². The molecule has 2 bridgehead atoms. The van der Waals surface area contributed by atoms with E-state index < -0.39 is 11.8 Å². The third-order valence-electron chi connectivity index (χ3n) is 7.02. The number of rotatable bonds is 16. The zero-order chi connectivity index (χ0) is 26.2. The van der Waals surface area contributed by atoms with Crippen molar-refractivity contribution in [3.63, 3.8) is 0 Å². The van der Waals surface area contributed by atoms with E-state index in [1.54, 1.807) is 0 Å². The molecule has 1 aromatic carbocycles. The molecule has 2 saturated heterocycles. The van der Waals surface area contributed by atoms with Crippen molar-refractivity contribution < 1.29 is 33.4 Å². The molecule has 1 N–H and O–H groups in total. The summed E-state index contributed by atoms with van der Waals surface area (Å²) in [6, 6.07) is 7.93. The average molecular weight is 513 g/mol. The van der Waals surface area contributed by atoms with Crippen LogP contribution in [0.1, 0.15) is 44.1 Å². The highest BCUT2D eigenvalue weighted by Crippen LogP contribution is 2.45. The highest BCUT2D eigenvalue weighted by Gasteiger charge is 2.60. The van der Waals surface area contributed by atoms with Crippen molar-refractivity contribution >= 4 is 23.5 Å². The lowest BCUT2D eigenvalue weighted by molar-refractivity contribution is -0.142. The Kier molecular flexibility index (Phi) is 9.46. The quantitative estimate of drug-likeness (QED) is 0.206. The van der Waals surface area contributed by atoms with E-state index in [9.17, 15) is 19.2 Å². The van der Waals surface area contributed by atoms with Gasteiger partial charge in [-0.25, -0.2) is 0 Å². The Morgan fingerprint density at radius 3 is 2.30 bits per heavy atom. The van der Waals surface area contributed by atoms with E-state index >= 15 is 0 Å². The van der Waals surface area contributed by atoms with Gasteiger partial charge in [0.1, 0.15) is 11.5 Å². The number of unbranched alkanes of at least 4 members (excludes halogenated alkanes) is 1. The van der Waals surface area contributed by atoms with Crippen LogP contribution in [0.5, 0.6) is 5.75 Å². The molecule has 0 spiro atoms. The highest BCUT2D eigenvalue weighted by molar-refractivity contribution is 6.07. The Morgan fingerprint density at radius 1 is 0.892 bits per heavy atom. The number of ether oxygens (including phenoxy) is 3. The molecule has 200 valence electrons. The molecular weight excluding hydrogens is 476 g/mol. The molecule has 3 aliphatic heterocycles. The Morgan fingerprint density at radius 2 is 1.59 bits per heavy atom. The van der Waals surface area contributed by atoms with Gasteiger partial charge in [-0.15, -0.1) is 0 Å². The maximum Gasteiger partial charge on any atom is 0.236 e. The average Bonchev–Trinajstić information content (AvgIpc) is 3.57. The molecule has 0 saturated carbocycles. The van der Waals surface area contributed by atoms with Crippen LogP contribution < -0.4 is 10.1 Å². The number of Topliss-reactive ketones (excluding diaryl/α,β-unsaturated/α-hetero) is 1. The van der Waals surface area contributed by atoms with Crippen LogP contribution in [-0.2, 0) is 28.7 Å². The van der Waals surface area contributed by atoms with Crippen molar-refractivity contribution in [1.29, 1.82) is 0 Å². The SMILES string of the molecule is Cc1ccc(OCCCCNC(=O)CCOCCCC(=O)CCN2C(=O)C3C4C=CC(O4)C3C2=O)cc1. The normalized spacial score (nSPS) is 23.5. The number of carbonyl (C=O) groups is 4. The largest absolute Gasteiger partial charge is 0.494 e. The number of likely N-dealkylation sites (tertiary alicyclic amines) is 1. The molecule has 37 heavy (non-hydrogen) atoms. The molecule has 3 amide bonds.